The van der Waals surface area contributed by atoms with E-state index in [-0.39, 0.29) is 0 Å². The van der Waals surface area contributed by atoms with Crippen molar-refractivity contribution in [3.05, 3.63) is 59.9 Å². The fraction of sp³-hybridized carbons (Fsp3) is 0.200. The van der Waals surface area contributed by atoms with Gasteiger partial charge in [-0.25, -0.2) is 0 Å². The third kappa shape index (κ3) is 2.29. The molecule has 0 radical (unpaired) electrons. The van der Waals surface area contributed by atoms with Crippen LogP contribution >= 0.6 is 0 Å². The van der Waals surface area contributed by atoms with E-state index in [4.69, 9.17) is 5.21 Å². The summed E-state index contributed by atoms with van der Waals surface area (Å²) in [7, 11) is 0. The quantitative estimate of drug-likeness (QED) is 0.661. The van der Waals surface area contributed by atoms with Gasteiger partial charge in [-0.2, -0.15) is 0 Å². The number of anilines is 1. The molecule has 1 N–H and O–H groups in total. The Bertz CT molecular complexity index is 595. The Labute approximate surface area is 112 Å². The molecule has 0 amide bonds. The highest BCUT2D eigenvalue weighted by Crippen LogP contribution is 2.28. The van der Waals surface area contributed by atoms with E-state index < -0.39 is 0 Å². The van der Waals surface area contributed by atoms with Gasteiger partial charge in [0.15, 0.2) is 0 Å². The van der Waals surface area contributed by atoms with E-state index >= 15 is 0 Å². The van der Waals surface area contributed by atoms with Gasteiger partial charge in [-0.05, 0) is 23.8 Å². The van der Waals surface area contributed by atoms with Gasteiger partial charge in [0.05, 0.1) is 5.71 Å². The lowest BCUT2D eigenvalue weighted by atomic mass is 9.99. The summed E-state index contributed by atoms with van der Waals surface area (Å²) in [4.78, 5) is 6.34. The summed E-state index contributed by atoms with van der Waals surface area (Å²) in [6.45, 7) is 1.71. The summed E-state index contributed by atoms with van der Waals surface area (Å²) in [6.07, 6.45) is 4.39. The number of nitrogens with zero attached hydrogens (tertiary/aromatic N) is 3. The summed E-state index contributed by atoms with van der Waals surface area (Å²) in [6, 6.07) is 12.1. The highest BCUT2D eigenvalue weighted by atomic mass is 16.4. The van der Waals surface area contributed by atoms with Crippen LogP contribution in [-0.2, 0) is 6.54 Å². The number of hydrogen-bond acceptors (Lipinski definition) is 4. The predicted molar refractivity (Wildman–Crippen MR) is 74.7 cm³/mol. The van der Waals surface area contributed by atoms with Crippen molar-refractivity contribution < 1.29 is 5.21 Å². The molecule has 0 aliphatic carbocycles. The summed E-state index contributed by atoms with van der Waals surface area (Å²) >= 11 is 0. The Kier molecular flexibility index (Phi) is 3.14. The van der Waals surface area contributed by atoms with Crippen LogP contribution in [0.2, 0.25) is 0 Å². The molecule has 19 heavy (non-hydrogen) atoms. The van der Waals surface area contributed by atoms with Gasteiger partial charge >= 0.3 is 0 Å². The maximum atomic E-state index is 9.07. The zero-order chi connectivity index (χ0) is 13.1. The minimum Gasteiger partial charge on any atom is -0.411 e. The minimum atomic E-state index is 0.762. The molecular formula is C15H15N3O. The Morgan fingerprint density at radius 3 is 2.74 bits per heavy atom. The SMILES string of the molecule is ON=C1CCN(Cc2ccncc2)c2ccccc21. The molecular weight excluding hydrogens is 238 g/mol. The average molecular weight is 253 g/mol. The van der Waals surface area contributed by atoms with Gasteiger partial charge in [0.1, 0.15) is 0 Å². The normalized spacial score (nSPS) is 16.4. The number of hydrogen-bond donors (Lipinski definition) is 1. The van der Waals surface area contributed by atoms with Crippen LogP contribution in [0.3, 0.4) is 0 Å². The number of benzene rings is 1. The van der Waals surface area contributed by atoms with Crippen LogP contribution in [0.15, 0.2) is 53.9 Å². The van der Waals surface area contributed by atoms with Crippen molar-refractivity contribution in [1.29, 1.82) is 0 Å². The first kappa shape index (κ1) is 11.7. The molecule has 0 unspecified atom stereocenters. The first-order chi connectivity index (χ1) is 9.38. The predicted octanol–water partition coefficient (Wildman–Crippen LogP) is 2.67. The van der Waals surface area contributed by atoms with E-state index in [9.17, 15) is 0 Å². The molecule has 0 saturated heterocycles. The molecule has 0 spiro atoms. The second kappa shape index (κ2) is 5.10. The van der Waals surface area contributed by atoms with E-state index in [0.717, 1.165) is 36.5 Å². The van der Waals surface area contributed by atoms with Gasteiger partial charge < -0.3 is 10.1 Å². The number of pyridine rings is 1. The molecule has 1 aromatic heterocycles. The maximum Gasteiger partial charge on any atom is 0.0906 e. The fourth-order valence-electron chi connectivity index (χ4n) is 2.47. The Balaban J connectivity index is 1.93. The minimum absolute atomic E-state index is 0.762. The van der Waals surface area contributed by atoms with Crippen LogP contribution in [-0.4, -0.2) is 22.4 Å². The molecule has 96 valence electrons. The van der Waals surface area contributed by atoms with Crippen LogP contribution < -0.4 is 4.90 Å². The Morgan fingerprint density at radius 1 is 1.16 bits per heavy atom. The molecule has 0 saturated carbocycles. The lowest BCUT2D eigenvalue weighted by molar-refractivity contribution is 0.317. The maximum absolute atomic E-state index is 9.07. The van der Waals surface area contributed by atoms with E-state index in [0.29, 0.717) is 0 Å². The summed E-state index contributed by atoms with van der Waals surface area (Å²) < 4.78 is 0. The van der Waals surface area contributed by atoms with Crippen molar-refractivity contribution in [2.45, 2.75) is 13.0 Å². The van der Waals surface area contributed by atoms with E-state index in [1.807, 2.05) is 42.7 Å². The summed E-state index contributed by atoms with van der Waals surface area (Å²) in [5, 5.41) is 12.5. The topological polar surface area (TPSA) is 48.7 Å². The van der Waals surface area contributed by atoms with E-state index in [1.165, 1.54) is 5.56 Å². The monoisotopic (exact) mass is 253 g/mol. The number of rotatable bonds is 2. The lowest BCUT2D eigenvalue weighted by Crippen LogP contribution is -2.31. The van der Waals surface area contributed by atoms with Crippen LogP contribution in [0.4, 0.5) is 5.69 Å². The fourth-order valence-corrected chi connectivity index (χ4v) is 2.47. The molecule has 4 heteroatoms. The zero-order valence-electron chi connectivity index (χ0n) is 10.5. The standard InChI is InChI=1S/C15H15N3O/c19-17-14-7-10-18(11-12-5-8-16-9-6-12)15-4-2-1-3-13(14)15/h1-6,8-9,19H,7,10-11H2. The molecule has 2 aromatic rings. The van der Waals surface area contributed by atoms with Crippen molar-refractivity contribution in [1.82, 2.24) is 4.98 Å². The van der Waals surface area contributed by atoms with Gasteiger partial charge in [-0.1, -0.05) is 23.4 Å². The molecule has 1 aliphatic rings. The molecule has 4 nitrogen and oxygen atoms in total. The second-order valence-electron chi connectivity index (χ2n) is 4.59. The van der Waals surface area contributed by atoms with Gasteiger partial charge in [-0.15, -0.1) is 0 Å². The summed E-state index contributed by atoms with van der Waals surface area (Å²) in [5.74, 6) is 0. The van der Waals surface area contributed by atoms with Gasteiger partial charge in [0, 0.05) is 43.2 Å². The highest BCUT2D eigenvalue weighted by molar-refractivity contribution is 6.06. The van der Waals surface area contributed by atoms with Crippen LogP contribution in [0, 0.1) is 0 Å². The van der Waals surface area contributed by atoms with Crippen molar-refractivity contribution in [3.8, 4) is 0 Å². The summed E-state index contributed by atoms with van der Waals surface area (Å²) in [5.41, 5.74) is 4.14. The highest BCUT2D eigenvalue weighted by Gasteiger charge is 2.21. The smallest absolute Gasteiger partial charge is 0.0906 e. The van der Waals surface area contributed by atoms with E-state index in [1.54, 1.807) is 0 Å². The third-order valence-corrected chi connectivity index (χ3v) is 3.42. The molecule has 0 bridgehead atoms. The van der Waals surface area contributed by atoms with Crippen molar-refractivity contribution in [2.24, 2.45) is 5.16 Å². The average Bonchev–Trinajstić information content (AvgIpc) is 2.49. The molecule has 1 aromatic carbocycles. The third-order valence-electron chi connectivity index (χ3n) is 3.42. The number of para-hydroxylation sites is 1. The van der Waals surface area contributed by atoms with Crippen molar-refractivity contribution >= 4 is 11.4 Å². The lowest BCUT2D eigenvalue weighted by Gasteiger charge is -2.31. The van der Waals surface area contributed by atoms with Crippen LogP contribution in [0.5, 0.6) is 0 Å². The van der Waals surface area contributed by atoms with Crippen LogP contribution in [0.1, 0.15) is 17.5 Å². The zero-order valence-corrected chi connectivity index (χ0v) is 10.5. The molecule has 2 heterocycles. The van der Waals surface area contributed by atoms with Gasteiger partial charge in [-0.3, -0.25) is 4.98 Å². The van der Waals surface area contributed by atoms with Crippen LogP contribution in [0.25, 0.3) is 0 Å². The molecule has 0 fully saturated rings. The molecule has 3 rings (SSSR count). The number of fused-ring (bicyclic) bond motifs is 1. The number of oxime groups is 1. The number of aromatic nitrogens is 1. The van der Waals surface area contributed by atoms with Gasteiger partial charge in [0.2, 0.25) is 0 Å². The Morgan fingerprint density at radius 2 is 1.95 bits per heavy atom. The molecule has 1 aliphatic heterocycles. The van der Waals surface area contributed by atoms with E-state index in [2.05, 4.69) is 21.1 Å². The second-order valence-corrected chi connectivity index (χ2v) is 4.59. The Hall–Kier alpha value is -2.36. The van der Waals surface area contributed by atoms with Crippen molar-refractivity contribution in [3.63, 3.8) is 0 Å². The van der Waals surface area contributed by atoms with Crippen molar-refractivity contribution in [2.75, 3.05) is 11.4 Å². The largest absolute Gasteiger partial charge is 0.411 e. The van der Waals surface area contributed by atoms with Gasteiger partial charge in [0.25, 0.3) is 0 Å². The molecule has 0 atom stereocenters. The first-order valence-electron chi connectivity index (χ1n) is 6.32. The first-order valence-corrected chi connectivity index (χ1v) is 6.32.